The van der Waals surface area contributed by atoms with Crippen LogP contribution in [0.4, 0.5) is 0 Å². The quantitative estimate of drug-likeness (QED) is 0.943. The first-order valence-electron chi connectivity index (χ1n) is 6.91. The van der Waals surface area contributed by atoms with Gasteiger partial charge in [-0.3, -0.25) is 9.69 Å². The molecule has 1 aliphatic rings. The molecule has 0 fully saturated rings. The molecule has 0 saturated heterocycles. The highest BCUT2D eigenvalue weighted by molar-refractivity contribution is 6.30. The molecular formula is C17H16ClNO2. The third-order valence-electron chi connectivity index (χ3n) is 3.88. The van der Waals surface area contributed by atoms with Gasteiger partial charge in [-0.05, 0) is 28.8 Å². The molecule has 2 aromatic rings. The van der Waals surface area contributed by atoms with Crippen LogP contribution in [0.2, 0.25) is 5.02 Å². The van der Waals surface area contributed by atoms with Crippen molar-refractivity contribution in [3.05, 3.63) is 70.2 Å². The van der Waals surface area contributed by atoms with Crippen molar-refractivity contribution in [2.75, 3.05) is 6.54 Å². The van der Waals surface area contributed by atoms with Gasteiger partial charge in [0.05, 0.1) is 5.92 Å². The molecule has 1 aliphatic heterocycles. The van der Waals surface area contributed by atoms with E-state index in [0.717, 1.165) is 29.8 Å². The summed E-state index contributed by atoms with van der Waals surface area (Å²) in [6.45, 7) is 2.05. The van der Waals surface area contributed by atoms with Crippen LogP contribution in [0, 0.1) is 0 Å². The second-order valence-corrected chi connectivity index (χ2v) is 5.82. The minimum atomic E-state index is -0.761. The zero-order chi connectivity index (χ0) is 14.8. The molecule has 0 saturated carbocycles. The van der Waals surface area contributed by atoms with Gasteiger partial charge in [0.2, 0.25) is 0 Å². The second-order valence-electron chi connectivity index (χ2n) is 5.39. The average Bonchev–Trinajstić information content (AvgIpc) is 2.48. The molecule has 1 N–H and O–H groups in total. The van der Waals surface area contributed by atoms with E-state index in [0.29, 0.717) is 11.6 Å². The molecule has 1 atom stereocenters. The first-order valence-corrected chi connectivity index (χ1v) is 7.28. The number of fused-ring (bicyclic) bond motifs is 1. The van der Waals surface area contributed by atoms with Crippen LogP contribution in [0.5, 0.6) is 0 Å². The van der Waals surface area contributed by atoms with Gasteiger partial charge in [0.15, 0.2) is 0 Å². The monoisotopic (exact) mass is 301 g/mol. The summed E-state index contributed by atoms with van der Waals surface area (Å²) in [6.07, 6.45) is 0. The highest BCUT2D eigenvalue weighted by Gasteiger charge is 2.29. The molecule has 0 aromatic heterocycles. The van der Waals surface area contributed by atoms with E-state index in [1.54, 1.807) is 0 Å². The smallest absolute Gasteiger partial charge is 0.312 e. The molecule has 0 amide bonds. The molecular weight excluding hydrogens is 286 g/mol. The van der Waals surface area contributed by atoms with E-state index < -0.39 is 11.9 Å². The first kappa shape index (κ1) is 14.1. The molecule has 0 bridgehead atoms. The van der Waals surface area contributed by atoms with Crippen LogP contribution in [0.15, 0.2) is 48.5 Å². The predicted octanol–water partition coefficient (Wildman–Crippen LogP) is 3.52. The number of nitrogens with zero attached hydrogens (tertiary/aromatic N) is 1. The highest BCUT2D eigenvalue weighted by Crippen LogP contribution is 2.29. The van der Waals surface area contributed by atoms with E-state index in [2.05, 4.69) is 4.90 Å². The summed E-state index contributed by atoms with van der Waals surface area (Å²) in [6, 6.07) is 15.5. The Morgan fingerprint density at radius 1 is 1.19 bits per heavy atom. The highest BCUT2D eigenvalue weighted by atomic mass is 35.5. The van der Waals surface area contributed by atoms with Gasteiger partial charge in [0.25, 0.3) is 0 Å². The van der Waals surface area contributed by atoms with Gasteiger partial charge >= 0.3 is 5.97 Å². The molecule has 1 heterocycles. The van der Waals surface area contributed by atoms with Crippen LogP contribution in [0.25, 0.3) is 0 Å². The van der Waals surface area contributed by atoms with Crippen molar-refractivity contribution in [3.8, 4) is 0 Å². The molecule has 1 unspecified atom stereocenters. The summed E-state index contributed by atoms with van der Waals surface area (Å²) in [5.41, 5.74) is 3.19. The second kappa shape index (κ2) is 5.88. The van der Waals surface area contributed by atoms with E-state index >= 15 is 0 Å². The number of hydrogen-bond donors (Lipinski definition) is 1. The number of rotatable bonds is 3. The summed E-state index contributed by atoms with van der Waals surface area (Å²) in [4.78, 5) is 13.7. The zero-order valence-corrected chi connectivity index (χ0v) is 12.3. The number of aliphatic carboxylic acids is 1. The lowest BCUT2D eigenvalue weighted by atomic mass is 9.89. The minimum Gasteiger partial charge on any atom is -0.481 e. The van der Waals surface area contributed by atoms with Gasteiger partial charge in [0.1, 0.15) is 0 Å². The summed E-state index contributed by atoms with van der Waals surface area (Å²) >= 11 is 5.89. The van der Waals surface area contributed by atoms with E-state index in [1.807, 2.05) is 48.5 Å². The summed E-state index contributed by atoms with van der Waals surface area (Å²) in [5.74, 6) is -1.22. The normalized spacial score (nSPS) is 18.2. The van der Waals surface area contributed by atoms with Crippen LogP contribution in [0.1, 0.15) is 22.6 Å². The molecule has 4 heteroatoms. The third kappa shape index (κ3) is 3.09. The number of halogens is 1. The topological polar surface area (TPSA) is 40.5 Å². The number of carbonyl (C=O) groups is 1. The lowest BCUT2D eigenvalue weighted by molar-refractivity contribution is -0.139. The first-order chi connectivity index (χ1) is 10.1. The average molecular weight is 302 g/mol. The Labute approximate surface area is 128 Å². The van der Waals surface area contributed by atoms with Crippen LogP contribution in [-0.2, 0) is 17.9 Å². The Balaban J connectivity index is 1.83. The minimum absolute atomic E-state index is 0.456. The lowest BCUT2D eigenvalue weighted by Gasteiger charge is -2.32. The van der Waals surface area contributed by atoms with Crippen molar-refractivity contribution in [1.82, 2.24) is 4.90 Å². The molecule has 0 radical (unpaired) electrons. The molecule has 2 aromatic carbocycles. The standard InChI is InChI=1S/C17H16ClNO2/c18-14-7-5-12(6-8-14)9-19-10-13-3-1-2-4-15(13)16(11-19)17(20)21/h1-8,16H,9-11H2,(H,20,21). The van der Waals surface area contributed by atoms with E-state index in [9.17, 15) is 9.90 Å². The Bertz CT molecular complexity index is 654. The maximum Gasteiger partial charge on any atom is 0.312 e. The molecule has 3 nitrogen and oxygen atoms in total. The van der Waals surface area contributed by atoms with Gasteiger partial charge in [-0.25, -0.2) is 0 Å². The van der Waals surface area contributed by atoms with Crippen LogP contribution in [0.3, 0.4) is 0 Å². The molecule has 21 heavy (non-hydrogen) atoms. The van der Waals surface area contributed by atoms with E-state index in [-0.39, 0.29) is 0 Å². The number of benzene rings is 2. The van der Waals surface area contributed by atoms with Gasteiger partial charge in [-0.2, -0.15) is 0 Å². The maximum absolute atomic E-state index is 11.5. The molecule has 3 rings (SSSR count). The largest absolute Gasteiger partial charge is 0.481 e. The van der Waals surface area contributed by atoms with Gasteiger partial charge in [0, 0.05) is 24.7 Å². The van der Waals surface area contributed by atoms with Crippen molar-refractivity contribution in [2.45, 2.75) is 19.0 Å². The summed E-state index contributed by atoms with van der Waals surface area (Å²) < 4.78 is 0. The molecule has 108 valence electrons. The summed E-state index contributed by atoms with van der Waals surface area (Å²) in [5, 5.41) is 10.2. The van der Waals surface area contributed by atoms with Gasteiger partial charge < -0.3 is 5.11 Å². The Kier molecular flexibility index (Phi) is 3.95. The lowest BCUT2D eigenvalue weighted by Crippen LogP contribution is -2.36. The van der Waals surface area contributed by atoms with Gasteiger partial charge in [-0.1, -0.05) is 48.0 Å². The van der Waals surface area contributed by atoms with Crippen LogP contribution in [-0.4, -0.2) is 22.5 Å². The summed E-state index contributed by atoms with van der Waals surface area (Å²) in [7, 11) is 0. The predicted molar refractivity (Wildman–Crippen MR) is 82.4 cm³/mol. The van der Waals surface area contributed by atoms with Gasteiger partial charge in [-0.15, -0.1) is 0 Å². The van der Waals surface area contributed by atoms with E-state index in [4.69, 9.17) is 11.6 Å². The fourth-order valence-corrected chi connectivity index (χ4v) is 2.99. The maximum atomic E-state index is 11.5. The number of hydrogen-bond acceptors (Lipinski definition) is 2. The van der Waals surface area contributed by atoms with Crippen molar-refractivity contribution in [1.29, 1.82) is 0 Å². The van der Waals surface area contributed by atoms with Crippen molar-refractivity contribution >= 4 is 17.6 Å². The Hall–Kier alpha value is -1.84. The zero-order valence-electron chi connectivity index (χ0n) is 11.5. The molecule has 0 aliphatic carbocycles. The van der Waals surface area contributed by atoms with E-state index in [1.165, 1.54) is 0 Å². The van der Waals surface area contributed by atoms with Crippen molar-refractivity contribution < 1.29 is 9.90 Å². The fraction of sp³-hybridized carbons (Fsp3) is 0.235. The van der Waals surface area contributed by atoms with Crippen LogP contribution < -0.4 is 0 Å². The Morgan fingerprint density at radius 3 is 2.62 bits per heavy atom. The number of carboxylic acids is 1. The number of carboxylic acid groups (broad SMARTS) is 1. The molecule has 0 spiro atoms. The van der Waals surface area contributed by atoms with Crippen molar-refractivity contribution in [3.63, 3.8) is 0 Å². The van der Waals surface area contributed by atoms with Crippen molar-refractivity contribution in [2.24, 2.45) is 0 Å². The SMILES string of the molecule is O=C(O)C1CN(Cc2ccc(Cl)cc2)Cc2ccccc21. The third-order valence-corrected chi connectivity index (χ3v) is 4.13. The fourth-order valence-electron chi connectivity index (χ4n) is 2.86. The Morgan fingerprint density at radius 2 is 1.90 bits per heavy atom. The van der Waals surface area contributed by atoms with Crippen LogP contribution >= 0.6 is 11.6 Å².